The molecule has 0 spiro atoms. The minimum atomic E-state index is -3.78. The normalized spacial score (nSPS) is 11.1. The summed E-state index contributed by atoms with van der Waals surface area (Å²) in [5, 5.41) is 7.65. The third-order valence-corrected chi connectivity index (χ3v) is 3.70. The molecule has 0 unspecified atom stereocenters. The van der Waals surface area contributed by atoms with Crippen LogP contribution in [0.4, 0.5) is 4.39 Å². The summed E-state index contributed by atoms with van der Waals surface area (Å²) in [6.07, 6.45) is 0. The van der Waals surface area contributed by atoms with Crippen molar-refractivity contribution < 1.29 is 17.6 Å². The molecule has 7 heteroatoms. The van der Waals surface area contributed by atoms with Gasteiger partial charge in [0.1, 0.15) is 5.82 Å². The van der Waals surface area contributed by atoms with Crippen LogP contribution >= 0.6 is 0 Å². The van der Waals surface area contributed by atoms with E-state index in [4.69, 9.17) is 5.14 Å². The predicted octanol–water partition coefficient (Wildman–Crippen LogP) is 1.40. The lowest BCUT2D eigenvalue weighted by Gasteiger charge is -2.07. The van der Waals surface area contributed by atoms with Crippen molar-refractivity contribution in [2.45, 2.75) is 11.4 Å². The molecule has 1 amide bonds. The van der Waals surface area contributed by atoms with Crippen LogP contribution in [0, 0.1) is 5.82 Å². The molecule has 3 N–H and O–H groups in total. The molecule has 0 saturated heterocycles. The van der Waals surface area contributed by atoms with Crippen LogP contribution in [0.15, 0.2) is 53.4 Å². The quantitative estimate of drug-likeness (QED) is 0.894. The van der Waals surface area contributed by atoms with E-state index in [9.17, 15) is 17.6 Å². The van der Waals surface area contributed by atoms with Crippen LogP contribution in [0.3, 0.4) is 0 Å². The molecule has 0 aliphatic heterocycles. The predicted molar refractivity (Wildman–Crippen MR) is 75.4 cm³/mol. The van der Waals surface area contributed by atoms with Crippen molar-refractivity contribution in [3.05, 3.63) is 65.5 Å². The Labute approximate surface area is 121 Å². The lowest BCUT2D eigenvalue weighted by atomic mass is 10.2. The van der Waals surface area contributed by atoms with Crippen molar-refractivity contribution in [3.8, 4) is 0 Å². The fraction of sp³-hybridized carbons (Fsp3) is 0.0714. The first kappa shape index (κ1) is 15.1. The number of nitrogens with two attached hydrogens (primary N) is 1. The Morgan fingerprint density at radius 2 is 1.81 bits per heavy atom. The largest absolute Gasteiger partial charge is 0.348 e. The Kier molecular flexibility index (Phi) is 4.35. The Hall–Kier alpha value is -2.25. The molecule has 0 saturated carbocycles. The molecular weight excluding hydrogens is 295 g/mol. The summed E-state index contributed by atoms with van der Waals surface area (Å²) in [5.74, 6) is -0.802. The molecule has 5 nitrogen and oxygen atoms in total. The molecule has 21 heavy (non-hydrogen) atoms. The van der Waals surface area contributed by atoms with Crippen LogP contribution in [0.2, 0.25) is 0 Å². The molecule has 0 heterocycles. The standard InChI is InChI=1S/C14H13FN2O3S/c15-12-6-4-11(5-7-12)14(18)17-9-10-2-1-3-13(8-10)21(16,19)20/h1-8H,9H2,(H,17,18)(H2,16,19,20). The van der Waals surface area contributed by atoms with Gasteiger partial charge >= 0.3 is 0 Å². The number of amides is 1. The number of rotatable bonds is 4. The van der Waals surface area contributed by atoms with E-state index in [-0.39, 0.29) is 17.3 Å². The van der Waals surface area contributed by atoms with Gasteiger partial charge in [-0.1, -0.05) is 12.1 Å². The summed E-state index contributed by atoms with van der Waals surface area (Å²) in [7, 11) is -3.78. The summed E-state index contributed by atoms with van der Waals surface area (Å²) in [5.41, 5.74) is 0.913. The third-order valence-electron chi connectivity index (χ3n) is 2.79. The smallest absolute Gasteiger partial charge is 0.251 e. The molecule has 2 rings (SSSR count). The maximum Gasteiger partial charge on any atom is 0.251 e. The van der Waals surface area contributed by atoms with Gasteiger partial charge in [0, 0.05) is 12.1 Å². The Balaban J connectivity index is 2.06. The van der Waals surface area contributed by atoms with Gasteiger partial charge in [0.05, 0.1) is 4.90 Å². The van der Waals surface area contributed by atoms with Gasteiger partial charge in [0.2, 0.25) is 10.0 Å². The third kappa shape index (κ3) is 4.11. The molecule has 110 valence electrons. The first-order valence-electron chi connectivity index (χ1n) is 6.02. The van der Waals surface area contributed by atoms with Crippen LogP contribution in [-0.4, -0.2) is 14.3 Å². The number of benzene rings is 2. The number of primary sulfonamides is 1. The van der Waals surface area contributed by atoms with Gasteiger partial charge in [0.15, 0.2) is 0 Å². The summed E-state index contributed by atoms with van der Waals surface area (Å²) < 4.78 is 35.2. The summed E-state index contributed by atoms with van der Waals surface area (Å²) in [6.45, 7) is 0.138. The van der Waals surface area contributed by atoms with E-state index < -0.39 is 15.8 Å². The first-order valence-corrected chi connectivity index (χ1v) is 7.56. The van der Waals surface area contributed by atoms with Crippen molar-refractivity contribution >= 4 is 15.9 Å². The Bertz CT molecular complexity index is 758. The van der Waals surface area contributed by atoms with Crippen molar-refractivity contribution in [2.75, 3.05) is 0 Å². The van der Waals surface area contributed by atoms with E-state index in [1.54, 1.807) is 12.1 Å². The Morgan fingerprint density at radius 3 is 2.43 bits per heavy atom. The van der Waals surface area contributed by atoms with Crippen molar-refractivity contribution in [1.82, 2.24) is 5.32 Å². The lowest BCUT2D eigenvalue weighted by molar-refractivity contribution is 0.0951. The van der Waals surface area contributed by atoms with Crippen LogP contribution < -0.4 is 10.5 Å². The van der Waals surface area contributed by atoms with Gasteiger partial charge in [-0.25, -0.2) is 17.9 Å². The van der Waals surface area contributed by atoms with E-state index in [0.717, 1.165) is 0 Å². The number of halogens is 1. The van der Waals surface area contributed by atoms with Gasteiger partial charge < -0.3 is 5.32 Å². The van der Waals surface area contributed by atoms with Crippen LogP contribution in [0.5, 0.6) is 0 Å². The van der Waals surface area contributed by atoms with Crippen molar-refractivity contribution in [1.29, 1.82) is 0 Å². The van der Waals surface area contributed by atoms with Crippen molar-refractivity contribution in [3.63, 3.8) is 0 Å². The minimum absolute atomic E-state index is 0.0176. The van der Waals surface area contributed by atoms with Crippen LogP contribution in [0.1, 0.15) is 15.9 Å². The molecule has 0 bridgehead atoms. The number of carbonyl (C=O) groups excluding carboxylic acids is 1. The second-order valence-electron chi connectivity index (χ2n) is 4.38. The van der Waals surface area contributed by atoms with E-state index in [2.05, 4.69) is 5.32 Å². The zero-order valence-electron chi connectivity index (χ0n) is 10.9. The van der Waals surface area contributed by atoms with E-state index in [1.807, 2.05) is 0 Å². The number of hydrogen-bond donors (Lipinski definition) is 2. The molecule has 0 radical (unpaired) electrons. The SMILES string of the molecule is NS(=O)(=O)c1cccc(CNC(=O)c2ccc(F)cc2)c1. The second-order valence-corrected chi connectivity index (χ2v) is 5.94. The molecule has 2 aromatic carbocycles. The maximum absolute atomic E-state index is 12.8. The van der Waals surface area contributed by atoms with Gasteiger partial charge in [0.25, 0.3) is 5.91 Å². The van der Waals surface area contributed by atoms with Crippen LogP contribution in [-0.2, 0) is 16.6 Å². The molecule has 0 fully saturated rings. The van der Waals surface area contributed by atoms with Gasteiger partial charge in [-0.2, -0.15) is 0 Å². The summed E-state index contributed by atoms with van der Waals surface area (Å²) in [4.78, 5) is 11.8. The van der Waals surface area contributed by atoms with Crippen molar-refractivity contribution in [2.24, 2.45) is 5.14 Å². The highest BCUT2D eigenvalue weighted by Gasteiger charge is 2.09. The molecule has 0 atom stereocenters. The average Bonchev–Trinajstić information content (AvgIpc) is 2.45. The molecular formula is C14H13FN2O3S. The number of sulfonamides is 1. The molecule has 0 aliphatic carbocycles. The monoisotopic (exact) mass is 308 g/mol. The number of carbonyl (C=O) groups is 1. The number of nitrogens with one attached hydrogen (secondary N) is 1. The Morgan fingerprint density at radius 1 is 1.14 bits per heavy atom. The second kappa shape index (κ2) is 6.02. The van der Waals surface area contributed by atoms with Gasteiger partial charge in [-0.05, 0) is 42.0 Å². The average molecular weight is 308 g/mol. The minimum Gasteiger partial charge on any atom is -0.348 e. The molecule has 0 aliphatic rings. The first-order chi connectivity index (χ1) is 9.86. The maximum atomic E-state index is 12.8. The fourth-order valence-corrected chi connectivity index (χ4v) is 2.30. The highest BCUT2D eigenvalue weighted by atomic mass is 32.2. The van der Waals surface area contributed by atoms with E-state index in [1.165, 1.54) is 36.4 Å². The molecule has 2 aromatic rings. The van der Waals surface area contributed by atoms with E-state index >= 15 is 0 Å². The zero-order valence-corrected chi connectivity index (χ0v) is 11.7. The topological polar surface area (TPSA) is 89.3 Å². The van der Waals surface area contributed by atoms with E-state index in [0.29, 0.717) is 11.1 Å². The molecule has 0 aromatic heterocycles. The highest BCUT2D eigenvalue weighted by molar-refractivity contribution is 7.89. The zero-order chi connectivity index (χ0) is 15.5. The summed E-state index contributed by atoms with van der Waals surface area (Å²) in [6, 6.07) is 11.1. The van der Waals surface area contributed by atoms with Gasteiger partial charge in [-0.3, -0.25) is 4.79 Å². The lowest BCUT2D eigenvalue weighted by Crippen LogP contribution is -2.23. The fourth-order valence-electron chi connectivity index (χ4n) is 1.72. The van der Waals surface area contributed by atoms with Crippen LogP contribution in [0.25, 0.3) is 0 Å². The highest BCUT2D eigenvalue weighted by Crippen LogP contribution is 2.10. The van der Waals surface area contributed by atoms with Gasteiger partial charge in [-0.15, -0.1) is 0 Å². The summed E-state index contributed by atoms with van der Waals surface area (Å²) >= 11 is 0. The number of hydrogen-bond acceptors (Lipinski definition) is 3.